The Balaban J connectivity index is 2.44. The van der Waals surface area contributed by atoms with Crippen LogP contribution in [0.1, 0.15) is 17.2 Å². The molecule has 1 atom stereocenters. The molecule has 0 radical (unpaired) electrons. The summed E-state index contributed by atoms with van der Waals surface area (Å²) in [6, 6.07) is 13.7. The van der Waals surface area contributed by atoms with Crippen LogP contribution in [0.25, 0.3) is 0 Å². The first-order valence-corrected chi connectivity index (χ1v) is 5.28. The number of hydrogen-bond acceptors (Lipinski definition) is 2. The van der Waals surface area contributed by atoms with Gasteiger partial charge in [-0.25, -0.2) is 0 Å². The molecule has 2 N–H and O–H groups in total. The minimum absolute atomic E-state index is 0.0647. The smallest absolute Gasteiger partial charge is 0.121 e. The molecule has 16 heavy (non-hydrogen) atoms. The molecule has 0 bridgehead atoms. The van der Waals surface area contributed by atoms with Crippen molar-refractivity contribution in [3.05, 3.63) is 64.7 Å². The average molecular weight is 235 g/mol. The molecule has 2 rings (SSSR count). The lowest BCUT2D eigenvalue weighted by molar-refractivity contribution is 0.215. The van der Waals surface area contributed by atoms with Crippen LogP contribution in [0.5, 0.6) is 5.75 Å². The van der Waals surface area contributed by atoms with Crippen LogP contribution >= 0.6 is 11.6 Å². The van der Waals surface area contributed by atoms with E-state index in [1.165, 1.54) is 6.07 Å². The lowest BCUT2D eigenvalue weighted by Crippen LogP contribution is -2.00. The first-order valence-electron chi connectivity index (χ1n) is 4.90. The van der Waals surface area contributed by atoms with Crippen molar-refractivity contribution < 1.29 is 10.2 Å². The summed E-state index contributed by atoms with van der Waals surface area (Å²) in [5, 5.41) is 20.2. The Kier molecular flexibility index (Phi) is 3.13. The van der Waals surface area contributed by atoms with E-state index in [1.807, 2.05) is 0 Å². The van der Waals surface area contributed by atoms with Crippen molar-refractivity contribution in [2.45, 2.75) is 6.10 Å². The van der Waals surface area contributed by atoms with E-state index in [0.29, 0.717) is 16.1 Å². The molecule has 0 aromatic heterocycles. The van der Waals surface area contributed by atoms with E-state index in [-0.39, 0.29) is 5.75 Å². The fourth-order valence-electron chi connectivity index (χ4n) is 1.58. The summed E-state index contributed by atoms with van der Waals surface area (Å²) in [6.45, 7) is 0. The number of benzene rings is 2. The quantitative estimate of drug-likeness (QED) is 0.838. The minimum atomic E-state index is -0.908. The van der Waals surface area contributed by atoms with Crippen molar-refractivity contribution in [3.63, 3.8) is 0 Å². The van der Waals surface area contributed by atoms with Crippen LogP contribution in [0.2, 0.25) is 5.02 Å². The summed E-state index contributed by atoms with van der Waals surface area (Å²) in [6.07, 6.45) is -0.908. The van der Waals surface area contributed by atoms with Gasteiger partial charge in [-0.3, -0.25) is 0 Å². The molecule has 0 heterocycles. The number of aliphatic hydroxyl groups excluding tert-OH is 1. The number of para-hydroxylation sites is 1. The van der Waals surface area contributed by atoms with Crippen molar-refractivity contribution >= 4 is 11.6 Å². The molecule has 0 amide bonds. The van der Waals surface area contributed by atoms with Gasteiger partial charge in [0.1, 0.15) is 11.9 Å². The highest BCUT2D eigenvalue weighted by Gasteiger charge is 2.16. The van der Waals surface area contributed by atoms with E-state index in [4.69, 9.17) is 11.6 Å². The van der Waals surface area contributed by atoms with Gasteiger partial charge >= 0.3 is 0 Å². The van der Waals surface area contributed by atoms with Crippen LogP contribution in [0.3, 0.4) is 0 Å². The number of rotatable bonds is 2. The summed E-state index contributed by atoms with van der Waals surface area (Å²) in [7, 11) is 0. The molecular formula is C13H11ClO2. The van der Waals surface area contributed by atoms with E-state index >= 15 is 0 Å². The van der Waals surface area contributed by atoms with Crippen LogP contribution in [0.4, 0.5) is 0 Å². The Morgan fingerprint density at radius 2 is 1.44 bits per heavy atom. The maximum atomic E-state index is 10.1. The number of phenols is 1. The van der Waals surface area contributed by atoms with E-state index in [0.717, 1.165) is 0 Å². The van der Waals surface area contributed by atoms with Crippen LogP contribution in [0, 0.1) is 0 Å². The fourth-order valence-corrected chi connectivity index (χ4v) is 1.82. The third-order valence-corrected chi connectivity index (χ3v) is 2.78. The van der Waals surface area contributed by atoms with Crippen LogP contribution in [0.15, 0.2) is 48.5 Å². The molecule has 2 aromatic rings. The van der Waals surface area contributed by atoms with Crippen LogP contribution in [-0.4, -0.2) is 10.2 Å². The molecule has 0 saturated carbocycles. The molecule has 3 heteroatoms. The maximum absolute atomic E-state index is 10.1. The molecule has 0 fully saturated rings. The van der Waals surface area contributed by atoms with Gasteiger partial charge in [0.05, 0.1) is 0 Å². The SMILES string of the molecule is Oc1ccccc1[C@H](O)c1ccccc1Cl. The highest BCUT2D eigenvalue weighted by molar-refractivity contribution is 6.31. The molecular weight excluding hydrogens is 224 g/mol. The number of aliphatic hydroxyl groups is 1. The zero-order chi connectivity index (χ0) is 11.5. The monoisotopic (exact) mass is 234 g/mol. The number of halogens is 1. The fraction of sp³-hybridized carbons (Fsp3) is 0.0769. The zero-order valence-electron chi connectivity index (χ0n) is 8.47. The summed E-state index contributed by atoms with van der Waals surface area (Å²) < 4.78 is 0. The Morgan fingerprint density at radius 3 is 2.06 bits per heavy atom. The van der Waals surface area contributed by atoms with Crippen molar-refractivity contribution in [1.82, 2.24) is 0 Å². The van der Waals surface area contributed by atoms with Gasteiger partial charge in [-0.1, -0.05) is 48.0 Å². The lowest BCUT2D eigenvalue weighted by Gasteiger charge is -2.14. The molecule has 0 aliphatic heterocycles. The number of phenolic OH excluding ortho intramolecular Hbond substituents is 1. The topological polar surface area (TPSA) is 40.5 Å². The second-order valence-electron chi connectivity index (χ2n) is 3.48. The predicted octanol–water partition coefficient (Wildman–Crippen LogP) is 3.13. The first-order chi connectivity index (χ1) is 7.70. The van der Waals surface area contributed by atoms with Gasteiger partial charge in [-0.15, -0.1) is 0 Å². The minimum Gasteiger partial charge on any atom is -0.508 e. The molecule has 0 spiro atoms. The largest absolute Gasteiger partial charge is 0.508 e. The third kappa shape index (κ3) is 2.03. The van der Waals surface area contributed by atoms with Crippen molar-refractivity contribution in [2.24, 2.45) is 0 Å². The van der Waals surface area contributed by atoms with Gasteiger partial charge in [-0.2, -0.15) is 0 Å². The second-order valence-corrected chi connectivity index (χ2v) is 3.89. The molecule has 0 saturated heterocycles. The van der Waals surface area contributed by atoms with E-state index in [9.17, 15) is 10.2 Å². The predicted molar refractivity (Wildman–Crippen MR) is 63.6 cm³/mol. The Hall–Kier alpha value is -1.51. The summed E-state index contributed by atoms with van der Waals surface area (Å²) in [5.41, 5.74) is 1.04. The van der Waals surface area contributed by atoms with Crippen molar-refractivity contribution in [2.75, 3.05) is 0 Å². The highest BCUT2D eigenvalue weighted by Crippen LogP contribution is 2.32. The Morgan fingerprint density at radius 1 is 0.875 bits per heavy atom. The van der Waals surface area contributed by atoms with E-state index in [2.05, 4.69) is 0 Å². The third-order valence-electron chi connectivity index (χ3n) is 2.43. The molecule has 0 unspecified atom stereocenters. The summed E-state index contributed by atoms with van der Waals surface area (Å²) in [5.74, 6) is 0.0647. The van der Waals surface area contributed by atoms with Crippen molar-refractivity contribution in [3.8, 4) is 5.75 Å². The van der Waals surface area contributed by atoms with Gasteiger partial charge < -0.3 is 10.2 Å². The van der Waals surface area contributed by atoms with E-state index in [1.54, 1.807) is 42.5 Å². The van der Waals surface area contributed by atoms with Crippen molar-refractivity contribution in [1.29, 1.82) is 0 Å². The van der Waals surface area contributed by atoms with Gasteiger partial charge in [-0.05, 0) is 12.1 Å². The molecule has 2 aromatic carbocycles. The summed E-state index contributed by atoms with van der Waals surface area (Å²) >= 11 is 5.98. The Bertz CT molecular complexity index is 451. The van der Waals surface area contributed by atoms with Gasteiger partial charge in [0.15, 0.2) is 0 Å². The van der Waals surface area contributed by atoms with Gasteiger partial charge in [0.25, 0.3) is 0 Å². The molecule has 82 valence electrons. The second kappa shape index (κ2) is 4.56. The van der Waals surface area contributed by atoms with Crippen LogP contribution < -0.4 is 0 Å². The van der Waals surface area contributed by atoms with Crippen LogP contribution in [-0.2, 0) is 0 Å². The zero-order valence-corrected chi connectivity index (χ0v) is 9.22. The molecule has 0 aliphatic rings. The molecule has 0 aliphatic carbocycles. The maximum Gasteiger partial charge on any atom is 0.121 e. The standard InChI is InChI=1S/C13H11ClO2/c14-11-7-3-1-5-9(11)13(16)10-6-2-4-8-12(10)15/h1-8,13,15-16H/t13-/m1/s1. The Labute approximate surface area is 98.7 Å². The average Bonchev–Trinajstić information content (AvgIpc) is 2.29. The normalized spacial score (nSPS) is 12.4. The molecule has 2 nitrogen and oxygen atoms in total. The number of aromatic hydroxyl groups is 1. The summed E-state index contributed by atoms with van der Waals surface area (Å²) in [4.78, 5) is 0. The van der Waals surface area contributed by atoms with E-state index < -0.39 is 6.10 Å². The first kappa shape index (κ1) is 11.0. The lowest BCUT2D eigenvalue weighted by atomic mass is 10.0. The highest BCUT2D eigenvalue weighted by atomic mass is 35.5. The number of hydrogen-bond donors (Lipinski definition) is 2. The van der Waals surface area contributed by atoms with Gasteiger partial charge in [0.2, 0.25) is 0 Å². The van der Waals surface area contributed by atoms with Gasteiger partial charge in [0, 0.05) is 16.1 Å².